The summed E-state index contributed by atoms with van der Waals surface area (Å²) in [7, 11) is 0. The van der Waals surface area contributed by atoms with Crippen LogP contribution in [0.5, 0.6) is 5.75 Å². The van der Waals surface area contributed by atoms with Gasteiger partial charge in [0.25, 0.3) is 5.91 Å². The van der Waals surface area contributed by atoms with E-state index in [1.165, 1.54) is 22.9 Å². The quantitative estimate of drug-likeness (QED) is 0.637. The minimum Gasteiger partial charge on any atom is -0.477 e. The van der Waals surface area contributed by atoms with E-state index in [-0.39, 0.29) is 23.7 Å². The SMILES string of the molecule is C=CCNC(=O)COc1coc(C[NH+]2CCN(c3ccccc3)CC2)cc1=O. The minimum atomic E-state index is -0.316. The van der Waals surface area contributed by atoms with Crippen molar-refractivity contribution in [3.8, 4) is 5.75 Å². The highest BCUT2D eigenvalue weighted by Gasteiger charge is 2.21. The summed E-state index contributed by atoms with van der Waals surface area (Å²) in [5.74, 6) is 0.349. The van der Waals surface area contributed by atoms with Crippen LogP contribution in [0.2, 0.25) is 0 Å². The summed E-state index contributed by atoms with van der Waals surface area (Å²) in [6.07, 6.45) is 2.86. The van der Waals surface area contributed by atoms with E-state index < -0.39 is 0 Å². The molecule has 1 aliphatic rings. The Bertz CT molecular complexity index is 842. The largest absolute Gasteiger partial charge is 0.477 e. The molecule has 0 bridgehead atoms. The van der Waals surface area contributed by atoms with Crippen LogP contribution in [-0.2, 0) is 11.3 Å². The molecule has 28 heavy (non-hydrogen) atoms. The maximum absolute atomic E-state index is 12.2. The first-order chi connectivity index (χ1) is 13.7. The zero-order chi connectivity index (χ0) is 19.8. The summed E-state index contributed by atoms with van der Waals surface area (Å²) in [5, 5.41) is 2.58. The summed E-state index contributed by atoms with van der Waals surface area (Å²) in [6, 6.07) is 11.8. The first-order valence-corrected chi connectivity index (χ1v) is 9.41. The molecule has 2 aromatic rings. The molecule has 0 spiro atoms. The number of anilines is 1. The predicted molar refractivity (Wildman–Crippen MR) is 107 cm³/mol. The van der Waals surface area contributed by atoms with E-state index >= 15 is 0 Å². The second kappa shape index (κ2) is 9.75. The summed E-state index contributed by atoms with van der Waals surface area (Å²) in [6.45, 7) is 8.16. The number of nitrogens with zero attached hydrogens (tertiary/aromatic N) is 1. The van der Waals surface area contributed by atoms with Crippen LogP contribution in [0, 0.1) is 0 Å². The Morgan fingerprint density at radius 1 is 1.29 bits per heavy atom. The van der Waals surface area contributed by atoms with E-state index in [0.29, 0.717) is 18.8 Å². The number of carbonyl (C=O) groups is 1. The van der Waals surface area contributed by atoms with E-state index in [1.807, 2.05) is 6.07 Å². The third-order valence-electron chi connectivity index (χ3n) is 4.67. The highest BCUT2D eigenvalue weighted by Crippen LogP contribution is 2.12. The van der Waals surface area contributed by atoms with Gasteiger partial charge < -0.3 is 24.3 Å². The fourth-order valence-corrected chi connectivity index (χ4v) is 3.16. The molecule has 3 rings (SSSR count). The van der Waals surface area contributed by atoms with E-state index in [4.69, 9.17) is 9.15 Å². The van der Waals surface area contributed by atoms with E-state index in [2.05, 4.69) is 41.1 Å². The smallest absolute Gasteiger partial charge is 0.258 e. The molecule has 148 valence electrons. The Hall–Kier alpha value is -3.06. The molecular formula is C21H26N3O4+. The van der Waals surface area contributed by atoms with Gasteiger partial charge in [0.1, 0.15) is 12.8 Å². The van der Waals surface area contributed by atoms with Gasteiger partial charge in [-0.1, -0.05) is 24.3 Å². The van der Waals surface area contributed by atoms with Crippen LogP contribution in [0.3, 0.4) is 0 Å². The number of rotatable bonds is 8. The average molecular weight is 384 g/mol. The molecule has 0 unspecified atom stereocenters. The molecule has 2 N–H and O–H groups in total. The van der Waals surface area contributed by atoms with Crippen molar-refractivity contribution in [1.29, 1.82) is 0 Å². The third kappa shape index (κ3) is 5.47. The van der Waals surface area contributed by atoms with Gasteiger partial charge in [-0.25, -0.2) is 0 Å². The zero-order valence-electron chi connectivity index (χ0n) is 15.9. The average Bonchev–Trinajstić information content (AvgIpc) is 2.73. The van der Waals surface area contributed by atoms with Gasteiger partial charge in [0.2, 0.25) is 11.2 Å². The van der Waals surface area contributed by atoms with Gasteiger partial charge in [0.15, 0.2) is 12.4 Å². The summed E-state index contributed by atoms with van der Waals surface area (Å²) < 4.78 is 10.8. The van der Waals surface area contributed by atoms with E-state index in [1.54, 1.807) is 6.08 Å². The summed E-state index contributed by atoms with van der Waals surface area (Å²) >= 11 is 0. The predicted octanol–water partition coefficient (Wildman–Crippen LogP) is 0.226. The number of benzene rings is 1. The van der Waals surface area contributed by atoms with Crippen LogP contribution < -0.4 is 25.3 Å². The second-order valence-corrected chi connectivity index (χ2v) is 6.71. The van der Waals surface area contributed by atoms with Crippen molar-refractivity contribution in [2.24, 2.45) is 0 Å². The van der Waals surface area contributed by atoms with Crippen LogP contribution in [0.4, 0.5) is 5.69 Å². The third-order valence-corrected chi connectivity index (χ3v) is 4.67. The molecule has 1 fully saturated rings. The molecule has 2 heterocycles. The summed E-state index contributed by atoms with van der Waals surface area (Å²) in [4.78, 5) is 27.5. The fourth-order valence-electron chi connectivity index (χ4n) is 3.16. The fraction of sp³-hybridized carbons (Fsp3) is 0.333. The van der Waals surface area contributed by atoms with Crippen LogP contribution >= 0.6 is 0 Å². The molecule has 7 nitrogen and oxygen atoms in total. The lowest BCUT2D eigenvalue weighted by Gasteiger charge is -2.33. The van der Waals surface area contributed by atoms with Crippen molar-refractivity contribution in [3.05, 3.63) is 71.3 Å². The van der Waals surface area contributed by atoms with Crippen LogP contribution in [0.1, 0.15) is 5.76 Å². The number of carbonyl (C=O) groups excluding carboxylic acids is 1. The zero-order valence-corrected chi connectivity index (χ0v) is 15.9. The molecule has 1 aromatic carbocycles. The number of ether oxygens (including phenoxy) is 1. The molecule has 1 aliphatic heterocycles. The van der Waals surface area contributed by atoms with Crippen molar-refractivity contribution in [3.63, 3.8) is 0 Å². The second-order valence-electron chi connectivity index (χ2n) is 6.71. The molecule has 0 aliphatic carbocycles. The lowest BCUT2D eigenvalue weighted by molar-refractivity contribution is -0.915. The number of hydrogen-bond donors (Lipinski definition) is 2. The Kier molecular flexibility index (Phi) is 6.86. The Labute approximate surface area is 164 Å². The number of hydrogen-bond acceptors (Lipinski definition) is 5. The highest BCUT2D eigenvalue weighted by molar-refractivity contribution is 5.77. The standard InChI is InChI=1S/C21H25N3O4/c1-2-8-22-21(26)16-28-20-15-27-18(13-19(20)25)14-23-9-11-24(12-10-23)17-6-4-3-5-7-17/h2-7,13,15H,1,8-12,14,16H2,(H,22,26)/p+1. The first-order valence-electron chi connectivity index (χ1n) is 9.41. The van der Waals surface area contributed by atoms with Crippen LogP contribution in [0.25, 0.3) is 0 Å². The van der Waals surface area contributed by atoms with E-state index in [0.717, 1.165) is 26.2 Å². The van der Waals surface area contributed by atoms with Crippen molar-refractivity contribution in [1.82, 2.24) is 5.32 Å². The van der Waals surface area contributed by atoms with Crippen molar-refractivity contribution in [2.75, 3.05) is 44.2 Å². The molecule has 7 heteroatoms. The molecule has 1 saturated heterocycles. The van der Waals surface area contributed by atoms with Crippen LogP contribution in [0.15, 0.2) is 64.5 Å². The first kappa shape index (κ1) is 19.7. The van der Waals surface area contributed by atoms with Gasteiger partial charge >= 0.3 is 0 Å². The van der Waals surface area contributed by atoms with Gasteiger partial charge in [-0.2, -0.15) is 0 Å². The highest BCUT2D eigenvalue weighted by atomic mass is 16.5. The number of nitrogens with one attached hydrogen (secondary N) is 2. The molecule has 0 atom stereocenters. The maximum atomic E-state index is 12.2. The Balaban J connectivity index is 1.49. The van der Waals surface area contributed by atoms with Gasteiger partial charge in [-0.3, -0.25) is 9.59 Å². The van der Waals surface area contributed by atoms with Crippen LogP contribution in [-0.4, -0.2) is 45.2 Å². The van der Waals surface area contributed by atoms with Crippen molar-refractivity contribution in [2.45, 2.75) is 6.54 Å². The number of amides is 1. The Morgan fingerprint density at radius 3 is 2.71 bits per heavy atom. The number of quaternary nitrogens is 1. The molecule has 1 amide bonds. The van der Waals surface area contributed by atoms with Crippen molar-refractivity contribution >= 4 is 11.6 Å². The molecular weight excluding hydrogens is 358 g/mol. The number of para-hydroxylation sites is 1. The molecule has 0 saturated carbocycles. The van der Waals surface area contributed by atoms with E-state index in [9.17, 15) is 9.59 Å². The van der Waals surface area contributed by atoms with Crippen molar-refractivity contribution < 1.29 is 18.8 Å². The maximum Gasteiger partial charge on any atom is 0.258 e. The van der Waals surface area contributed by atoms with Gasteiger partial charge in [0.05, 0.1) is 26.2 Å². The summed E-state index contributed by atoms with van der Waals surface area (Å²) in [5.41, 5.74) is 0.965. The number of piperazine rings is 1. The molecule has 0 radical (unpaired) electrons. The lowest BCUT2D eigenvalue weighted by atomic mass is 10.2. The monoisotopic (exact) mass is 384 g/mol. The topological polar surface area (TPSA) is 76.2 Å². The molecule has 1 aromatic heterocycles. The lowest BCUT2D eigenvalue weighted by Crippen LogP contribution is -3.13. The van der Waals surface area contributed by atoms with Gasteiger partial charge in [-0.15, -0.1) is 6.58 Å². The van der Waals surface area contributed by atoms with Gasteiger partial charge in [0, 0.05) is 18.3 Å². The minimum absolute atomic E-state index is 0.0430. The Morgan fingerprint density at radius 2 is 2.04 bits per heavy atom. The van der Waals surface area contributed by atoms with Gasteiger partial charge in [-0.05, 0) is 12.1 Å². The normalized spacial score (nSPS) is 14.5.